The Kier molecular flexibility index (Phi) is 1.71. The first-order valence-electron chi connectivity index (χ1n) is 3.46. The maximum atomic E-state index is 10.8. The van der Waals surface area contributed by atoms with E-state index in [9.17, 15) is 4.21 Å². The first-order chi connectivity index (χ1) is 5.79. The highest BCUT2D eigenvalue weighted by molar-refractivity contribution is 7.79. The van der Waals surface area contributed by atoms with Crippen molar-refractivity contribution in [2.24, 2.45) is 0 Å². The van der Waals surface area contributed by atoms with Gasteiger partial charge in [-0.15, -0.1) is 0 Å². The number of fused-ring (bicyclic) bond motifs is 1. The highest BCUT2D eigenvalue weighted by atomic mass is 32.2. The fourth-order valence-corrected chi connectivity index (χ4v) is 1.77. The normalized spacial score (nSPS) is 13.4. The van der Waals surface area contributed by atoms with E-state index in [4.69, 9.17) is 4.55 Å². The lowest BCUT2D eigenvalue weighted by molar-refractivity contribution is 0.565. The minimum absolute atomic E-state index is 0.453. The van der Waals surface area contributed by atoms with Crippen LogP contribution in [0.3, 0.4) is 0 Å². The van der Waals surface area contributed by atoms with E-state index in [2.05, 4.69) is 4.98 Å². The molecule has 0 bridgehead atoms. The molecule has 4 heteroatoms. The van der Waals surface area contributed by atoms with Crippen molar-refractivity contribution in [2.75, 3.05) is 0 Å². The second kappa shape index (κ2) is 2.73. The van der Waals surface area contributed by atoms with Crippen molar-refractivity contribution in [1.82, 2.24) is 4.98 Å². The van der Waals surface area contributed by atoms with Gasteiger partial charge in [-0.05, 0) is 18.2 Å². The number of H-pyrrole nitrogens is 1. The number of rotatable bonds is 1. The van der Waals surface area contributed by atoms with E-state index in [0.717, 1.165) is 10.9 Å². The zero-order chi connectivity index (χ0) is 8.55. The van der Waals surface area contributed by atoms with Crippen LogP contribution in [0.5, 0.6) is 0 Å². The van der Waals surface area contributed by atoms with E-state index in [1.807, 2.05) is 6.07 Å². The summed E-state index contributed by atoms with van der Waals surface area (Å²) in [4.78, 5) is 3.42. The van der Waals surface area contributed by atoms with Gasteiger partial charge >= 0.3 is 0 Å². The monoisotopic (exact) mass is 181 g/mol. The Morgan fingerprint density at radius 1 is 1.33 bits per heavy atom. The summed E-state index contributed by atoms with van der Waals surface area (Å²) in [5.41, 5.74) is 0.884. The molecule has 0 fully saturated rings. The van der Waals surface area contributed by atoms with Crippen LogP contribution in [0.2, 0.25) is 0 Å². The zero-order valence-corrected chi connectivity index (χ0v) is 6.97. The summed E-state index contributed by atoms with van der Waals surface area (Å²) in [5, 5.41) is 0.804. The third kappa shape index (κ3) is 1.05. The second-order valence-electron chi connectivity index (χ2n) is 2.44. The molecule has 2 rings (SSSR count). The van der Waals surface area contributed by atoms with Gasteiger partial charge in [-0.3, -0.25) is 0 Å². The van der Waals surface area contributed by atoms with Crippen LogP contribution in [0, 0.1) is 0 Å². The van der Waals surface area contributed by atoms with Crippen molar-refractivity contribution in [3.63, 3.8) is 0 Å². The highest BCUT2D eigenvalue weighted by Gasteiger charge is 2.04. The van der Waals surface area contributed by atoms with Gasteiger partial charge in [0.2, 0.25) is 0 Å². The molecule has 0 aliphatic rings. The smallest absolute Gasteiger partial charge is 0.187 e. The van der Waals surface area contributed by atoms with Gasteiger partial charge in [0.1, 0.15) is 0 Å². The van der Waals surface area contributed by atoms with Crippen LogP contribution in [-0.4, -0.2) is 13.7 Å². The van der Waals surface area contributed by atoms with Gasteiger partial charge in [0.25, 0.3) is 0 Å². The van der Waals surface area contributed by atoms with Gasteiger partial charge in [0, 0.05) is 17.1 Å². The van der Waals surface area contributed by atoms with Gasteiger partial charge in [-0.1, -0.05) is 6.07 Å². The fourth-order valence-electron chi connectivity index (χ4n) is 1.21. The van der Waals surface area contributed by atoms with E-state index in [1.54, 1.807) is 24.4 Å². The van der Waals surface area contributed by atoms with E-state index < -0.39 is 11.1 Å². The molecule has 0 amide bonds. The van der Waals surface area contributed by atoms with Gasteiger partial charge in [-0.2, -0.15) is 0 Å². The molecule has 0 aliphatic heterocycles. The largest absolute Gasteiger partial charge is 0.361 e. The van der Waals surface area contributed by atoms with Crippen molar-refractivity contribution < 1.29 is 8.76 Å². The molecular weight excluding hydrogens is 174 g/mol. The van der Waals surface area contributed by atoms with E-state index in [1.165, 1.54) is 0 Å². The first kappa shape index (κ1) is 7.52. The number of nitrogens with one attached hydrogen (secondary N) is 1. The highest BCUT2D eigenvalue weighted by Crippen LogP contribution is 2.19. The van der Waals surface area contributed by atoms with Crippen molar-refractivity contribution in [3.8, 4) is 0 Å². The first-order valence-corrected chi connectivity index (χ1v) is 4.56. The maximum Gasteiger partial charge on any atom is 0.187 e. The second-order valence-corrected chi connectivity index (χ2v) is 3.38. The fraction of sp³-hybridized carbons (Fsp3) is 0. The van der Waals surface area contributed by atoms with Gasteiger partial charge < -0.3 is 9.54 Å². The molecule has 1 heterocycles. The van der Waals surface area contributed by atoms with Gasteiger partial charge in [-0.25, -0.2) is 4.21 Å². The van der Waals surface area contributed by atoms with Gasteiger partial charge in [0.05, 0.1) is 4.90 Å². The van der Waals surface area contributed by atoms with E-state index in [-0.39, 0.29) is 0 Å². The number of benzene rings is 1. The molecule has 62 valence electrons. The molecule has 3 nitrogen and oxygen atoms in total. The number of aromatic nitrogens is 1. The molecule has 1 unspecified atom stereocenters. The topological polar surface area (TPSA) is 53.1 Å². The molecule has 0 spiro atoms. The number of aromatic amines is 1. The lowest BCUT2D eigenvalue weighted by Crippen LogP contribution is -1.87. The number of hydrogen-bond acceptors (Lipinski definition) is 1. The molecule has 0 saturated heterocycles. The standard InChI is InChI=1S/C8H7NO2S/c10-12(11)8-3-1-2-7-6(8)4-5-9-7/h1-5,9H,(H,10,11). The molecule has 2 N–H and O–H groups in total. The van der Waals surface area contributed by atoms with Crippen LogP contribution >= 0.6 is 0 Å². The minimum atomic E-state index is -1.90. The van der Waals surface area contributed by atoms with Crippen molar-refractivity contribution in [1.29, 1.82) is 0 Å². The lowest BCUT2D eigenvalue weighted by Gasteiger charge is -1.95. The molecular formula is C8H7NO2S. The van der Waals surface area contributed by atoms with Crippen LogP contribution in [-0.2, 0) is 11.1 Å². The predicted octanol–water partition coefficient (Wildman–Crippen LogP) is 1.75. The van der Waals surface area contributed by atoms with Gasteiger partial charge in [0.15, 0.2) is 11.1 Å². The molecule has 1 atom stereocenters. The molecule has 1 aromatic heterocycles. The summed E-state index contributed by atoms with van der Waals surface area (Å²) in [5.74, 6) is 0. The average molecular weight is 181 g/mol. The summed E-state index contributed by atoms with van der Waals surface area (Å²) >= 11 is -1.90. The average Bonchev–Trinajstić information content (AvgIpc) is 2.49. The van der Waals surface area contributed by atoms with E-state index in [0.29, 0.717) is 4.90 Å². The Balaban J connectivity index is 2.82. The summed E-state index contributed by atoms with van der Waals surface area (Å²) in [6, 6.07) is 7.05. The van der Waals surface area contributed by atoms with Crippen LogP contribution in [0.4, 0.5) is 0 Å². The Labute approximate surface area is 71.7 Å². The Hall–Kier alpha value is -1.13. The summed E-state index contributed by atoms with van der Waals surface area (Å²) in [6.07, 6.45) is 1.75. The van der Waals surface area contributed by atoms with Crippen LogP contribution in [0.25, 0.3) is 10.9 Å². The number of hydrogen-bond donors (Lipinski definition) is 2. The molecule has 0 saturated carbocycles. The zero-order valence-electron chi connectivity index (χ0n) is 6.15. The quantitative estimate of drug-likeness (QED) is 0.658. The predicted molar refractivity (Wildman–Crippen MR) is 47.3 cm³/mol. The third-order valence-electron chi connectivity index (χ3n) is 1.74. The summed E-state index contributed by atoms with van der Waals surface area (Å²) in [6.45, 7) is 0. The molecule has 0 aliphatic carbocycles. The minimum Gasteiger partial charge on any atom is -0.361 e. The maximum absolute atomic E-state index is 10.8. The van der Waals surface area contributed by atoms with Crippen LogP contribution in [0.15, 0.2) is 35.4 Å². The SMILES string of the molecule is O=S(O)c1cccc2[nH]ccc12. The summed E-state index contributed by atoms with van der Waals surface area (Å²) < 4.78 is 19.7. The molecule has 2 aromatic rings. The summed E-state index contributed by atoms with van der Waals surface area (Å²) in [7, 11) is 0. The molecule has 1 aromatic carbocycles. The molecule has 12 heavy (non-hydrogen) atoms. The van der Waals surface area contributed by atoms with Crippen molar-refractivity contribution >= 4 is 22.0 Å². The van der Waals surface area contributed by atoms with Crippen LogP contribution in [0.1, 0.15) is 0 Å². The Bertz CT molecular complexity index is 435. The Morgan fingerprint density at radius 3 is 2.92 bits per heavy atom. The Morgan fingerprint density at radius 2 is 2.17 bits per heavy atom. The van der Waals surface area contributed by atoms with Crippen LogP contribution < -0.4 is 0 Å². The molecule has 0 radical (unpaired) electrons. The lowest BCUT2D eigenvalue weighted by atomic mass is 10.2. The third-order valence-corrected chi connectivity index (χ3v) is 2.48. The van der Waals surface area contributed by atoms with Crippen molar-refractivity contribution in [2.45, 2.75) is 4.90 Å². The van der Waals surface area contributed by atoms with Crippen molar-refractivity contribution in [3.05, 3.63) is 30.5 Å². The van der Waals surface area contributed by atoms with E-state index >= 15 is 0 Å².